The van der Waals surface area contributed by atoms with Gasteiger partial charge in [0, 0.05) is 37.5 Å². The Bertz CT molecular complexity index is 742. The van der Waals surface area contributed by atoms with Gasteiger partial charge in [-0.25, -0.2) is 0 Å². The van der Waals surface area contributed by atoms with E-state index in [9.17, 15) is 9.59 Å². The van der Waals surface area contributed by atoms with Crippen molar-refractivity contribution in [2.75, 3.05) is 39.2 Å². The maximum atomic E-state index is 12.4. The summed E-state index contributed by atoms with van der Waals surface area (Å²) in [7, 11) is 3.39. The maximum Gasteiger partial charge on any atom is 0.255 e. The van der Waals surface area contributed by atoms with Crippen molar-refractivity contribution in [2.24, 2.45) is 0 Å². The first-order valence-corrected chi connectivity index (χ1v) is 8.45. The van der Waals surface area contributed by atoms with Crippen molar-refractivity contribution in [1.29, 1.82) is 0 Å². The zero-order valence-electron chi connectivity index (χ0n) is 15.3. The van der Waals surface area contributed by atoms with Gasteiger partial charge in [0.05, 0.1) is 6.61 Å². The number of rotatable bonds is 8. The highest BCUT2D eigenvalue weighted by atomic mass is 16.5. The Hall–Kier alpha value is -2.86. The second-order valence-electron chi connectivity index (χ2n) is 5.80. The van der Waals surface area contributed by atoms with E-state index in [0.29, 0.717) is 42.4 Å². The number of hydrogen-bond acceptors (Lipinski definition) is 4. The third kappa shape index (κ3) is 5.60. The summed E-state index contributed by atoms with van der Waals surface area (Å²) in [6, 6.07) is 13.7. The summed E-state index contributed by atoms with van der Waals surface area (Å²) in [6.07, 6.45) is 0. The van der Waals surface area contributed by atoms with Crippen LogP contribution in [0.15, 0.2) is 48.5 Å². The standard InChI is InChI=1S/C20H24N2O4/c1-4-25-12-13-26-18-7-5-6-16(14-18)19(23)21-17-10-8-15(9-11-17)20(24)22(2)3/h5-11,14H,4,12-13H2,1-3H3,(H,21,23). The molecule has 2 aromatic rings. The largest absolute Gasteiger partial charge is 0.491 e. The number of amides is 2. The zero-order valence-corrected chi connectivity index (χ0v) is 15.3. The van der Waals surface area contributed by atoms with E-state index in [4.69, 9.17) is 9.47 Å². The molecule has 0 aliphatic carbocycles. The zero-order chi connectivity index (χ0) is 18.9. The van der Waals surface area contributed by atoms with Crippen LogP contribution in [0.4, 0.5) is 5.69 Å². The minimum atomic E-state index is -0.244. The highest BCUT2D eigenvalue weighted by Gasteiger charge is 2.10. The Morgan fingerprint density at radius 1 is 1.00 bits per heavy atom. The third-order valence-electron chi connectivity index (χ3n) is 3.59. The molecule has 0 aliphatic rings. The van der Waals surface area contributed by atoms with Crippen molar-refractivity contribution in [3.8, 4) is 5.75 Å². The van der Waals surface area contributed by atoms with Crippen LogP contribution in [0.3, 0.4) is 0 Å². The van der Waals surface area contributed by atoms with E-state index in [0.717, 1.165) is 0 Å². The lowest BCUT2D eigenvalue weighted by Crippen LogP contribution is -2.21. The van der Waals surface area contributed by atoms with Crippen LogP contribution in [-0.2, 0) is 4.74 Å². The highest BCUT2D eigenvalue weighted by molar-refractivity contribution is 6.04. The van der Waals surface area contributed by atoms with Crippen LogP contribution in [0, 0.1) is 0 Å². The summed E-state index contributed by atoms with van der Waals surface area (Å²) in [5, 5.41) is 2.81. The van der Waals surface area contributed by atoms with Gasteiger partial charge in [-0.1, -0.05) is 6.07 Å². The Morgan fingerprint density at radius 3 is 2.38 bits per heavy atom. The van der Waals surface area contributed by atoms with Crippen LogP contribution < -0.4 is 10.1 Å². The molecule has 0 unspecified atom stereocenters. The molecule has 0 saturated heterocycles. The van der Waals surface area contributed by atoms with Gasteiger partial charge in [0.15, 0.2) is 0 Å². The van der Waals surface area contributed by atoms with Gasteiger partial charge in [-0.15, -0.1) is 0 Å². The predicted molar refractivity (Wildman–Crippen MR) is 101 cm³/mol. The molecule has 0 fully saturated rings. The number of ether oxygens (including phenoxy) is 2. The summed E-state index contributed by atoms with van der Waals surface area (Å²) in [5.41, 5.74) is 1.68. The number of nitrogens with one attached hydrogen (secondary N) is 1. The van der Waals surface area contributed by atoms with Gasteiger partial charge in [0.2, 0.25) is 0 Å². The van der Waals surface area contributed by atoms with E-state index in [1.165, 1.54) is 4.90 Å². The van der Waals surface area contributed by atoms with E-state index in [-0.39, 0.29) is 11.8 Å². The summed E-state index contributed by atoms with van der Waals surface area (Å²) < 4.78 is 10.8. The summed E-state index contributed by atoms with van der Waals surface area (Å²) in [5.74, 6) is 0.288. The molecular weight excluding hydrogens is 332 g/mol. The quantitative estimate of drug-likeness (QED) is 0.738. The fourth-order valence-electron chi connectivity index (χ4n) is 2.25. The first-order valence-electron chi connectivity index (χ1n) is 8.45. The van der Waals surface area contributed by atoms with Crippen LogP contribution in [0.5, 0.6) is 5.75 Å². The lowest BCUT2D eigenvalue weighted by molar-refractivity contribution is 0.0827. The first kappa shape index (κ1) is 19.5. The molecule has 2 aromatic carbocycles. The second-order valence-corrected chi connectivity index (χ2v) is 5.80. The minimum Gasteiger partial charge on any atom is -0.491 e. The van der Waals surface area contributed by atoms with Gasteiger partial charge in [0.1, 0.15) is 12.4 Å². The lowest BCUT2D eigenvalue weighted by atomic mass is 10.1. The summed E-state index contributed by atoms with van der Waals surface area (Å²) in [4.78, 5) is 25.8. The second kappa shape index (κ2) is 9.58. The highest BCUT2D eigenvalue weighted by Crippen LogP contribution is 2.16. The number of benzene rings is 2. The molecule has 6 heteroatoms. The van der Waals surface area contributed by atoms with Crippen LogP contribution in [0.2, 0.25) is 0 Å². The predicted octanol–water partition coefficient (Wildman–Crippen LogP) is 3.06. The topological polar surface area (TPSA) is 67.9 Å². The third-order valence-corrected chi connectivity index (χ3v) is 3.59. The Labute approximate surface area is 153 Å². The lowest BCUT2D eigenvalue weighted by Gasteiger charge is -2.11. The molecule has 1 N–H and O–H groups in total. The number of nitrogens with zero attached hydrogens (tertiary/aromatic N) is 1. The van der Waals surface area contributed by atoms with Crippen LogP contribution in [0.1, 0.15) is 27.6 Å². The molecule has 138 valence electrons. The summed E-state index contributed by atoms with van der Waals surface area (Å²) >= 11 is 0. The Kier molecular flexibility index (Phi) is 7.17. The maximum absolute atomic E-state index is 12.4. The molecule has 0 aromatic heterocycles. The molecule has 2 rings (SSSR count). The van der Waals surface area contributed by atoms with E-state index in [1.54, 1.807) is 62.6 Å². The average Bonchev–Trinajstić information content (AvgIpc) is 2.65. The van der Waals surface area contributed by atoms with E-state index in [2.05, 4.69) is 5.32 Å². The minimum absolute atomic E-state index is 0.0835. The monoisotopic (exact) mass is 356 g/mol. The van der Waals surface area contributed by atoms with Crippen molar-refractivity contribution in [3.05, 3.63) is 59.7 Å². The molecule has 0 spiro atoms. The molecule has 2 amide bonds. The van der Waals surface area contributed by atoms with Crippen LogP contribution in [-0.4, -0.2) is 50.6 Å². The average molecular weight is 356 g/mol. The molecule has 0 atom stereocenters. The van der Waals surface area contributed by atoms with Crippen LogP contribution in [0.25, 0.3) is 0 Å². The van der Waals surface area contributed by atoms with Gasteiger partial charge in [0.25, 0.3) is 11.8 Å². The van der Waals surface area contributed by atoms with Gasteiger partial charge < -0.3 is 19.7 Å². The molecule has 0 saturated carbocycles. The van der Waals surface area contributed by atoms with Crippen molar-refractivity contribution in [2.45, 2.75) is 6.92 Å². The van der Waals surface area contributed by atoms with Gasteiger partial charge in [-0.3, -0.25) is 9.59 Å². The number of anilines is 1. The van der Waals surface area contributed by atoms with Gasteiger partial charge in [-0.05, 0) is 49.4 Å². The normalized spacial score (nSPS) is 10.3. The Balaban J connectivity index is 1.98. The van der Waals surface area contributed by atoms with Crippen LogP contribution >= 0.6 is 0 Å². The van der Waals surface area contributed by atoms with Crippen molar-refractivity contribution in [3.63, 3.8) is 0 Å². The molecule has 0 heterocycles. The number of carbonyl (C=O) groups is 2. The van der Waals surface area contributed by atoms with Crippen molar-refractivity contribution >= 4 is 17.5 Å². The molecular formula is C20H24N2O4. The SMILES string of the molecule is CCOCCOc1cccc(C(=O)Nc2ccc(C(=O)N(C)C)cc2)c1. The van der Waals surface area contributed by atoms with E-state index >= 15 is 0 Å². The molecule has 26 heavy (non-hydrogen) atoms. The molecule has 0 aliphatic heterocycles. The van der Waals surface area contributed by atoms with E-state index < -0.39 is 0 Å². The smallest absolute Gasteiger partial charge is 0.255 e. The number of hydrogen-bond donors (Lipinski definition) is 1. The Morgan fingerprint density at radius 2 is 1.73 bits per heavy atom. The van der Waals surface area contributed by atoms with Gasteiger partial charge >= 0.3 is 0 Å². The summed E-state index contributed by atoms with van der Waals surface area (Å²) in [6.45, 7) is 3.50. The fraction of sp³-hybridized carbons (Fsp3) is 0.300. The molecule has 6 nitrogen and oxygen atoms in total. The van der Waals surface area contributed by atoms with Crippen molar-refractivity contribution < 1.29 is 19.1 Å². The van der Waals surface area contributed by atoms with E-state index in [1.807, 2.05) is 6.92 Å². The van der Waals surface area contributed by atoms with Crippen molar-refractivity contribution in [1.82, 2.24) is 4.90 Å². The fourth-order valence-corrected chi connectivity index (χ4v) is 2.25. The first-order chi connectivity index (χ1) is 12.5. The molecule has 0 radical (unpaired) electrons. The molecule has 0 bridgehead atoms. The number of carbonyl (C=O) groups excluding carboxylic acids is 2. The van der Waals surface area contributed by atoms with Gasteiger partial charge in [-0.2, -0.15) is 0 Å².